The summed E-state index contributed by atoms with van der Waals surface area (Å²) in [5.74, 6) is 0.800. The van der Waals surface area contributed by atoms with E-state index in [0.29, 0.717) is 19.4 Å². The van der Waals surface area contributed by atoms with Crippen molar-refractivity contribution in [2.45, 2.75) is 89.0 Å². The van der Waals surface area contributed by atoms with Crippen molar-refractivity contribution in [1.82, 2.24) is 4.57 Å². The number of hydrogen-bond donors (Lipinski definition) is 2. The van der Waals surface area contributed by atoms with Gasteiger partial charge in [-0.05, 0) is 68.2 Å². The normalized spacial score (nSPS) is 23.4. The summed E-state index contributed by atoms with van der Waals surface area (Å²) in [5, 5.41) is 9.17. The molecule has 7 rings (SSSR count). The van der Waals surface area contributed by atoms with E-state index < -0.39 is 16.1 Å². The van der Waals surface area contributed by atoms with Gasteiger partial charge in [0.1, 0.15) is 5.75 Å². The van der Waals surface area contributed by atoms with Crippen LogP contribution >= 0.6 is 0 Å². The van der Waals surface area contributed by atoms with Crippen LogP contribution in [0.15, 0.2) is 59.8 Å². The Hall–Kier alpha value is -3.67. The molecule has 4 aliphatic rings. The van der Waals surface area contributed by atoms with Gasteiger partial charge >= 0.3 is 5.97 Å². The fourth-order valence-corrected chi connectivity index (χ4v) is 8.78. The van der Waals surface area contributed by atoms with Crippen LogP contribution in [0.1, 0.15) is 69.7 Å². The van der Waals surface area contributed by atoms with E-state index in [1.165, 1.54) is 22.5 Å². The van der Waals surface area contributed by atoms with Gasteiger partial charge in [0.2, 0.25) is 0 Å². The highest BCUT2D eigenvalue weighted by Gasteiger charge is 2.50. The highest BCUT2D eigenvalue weighted by atomic mass is 32.2. The standard InChI is InChI=1S/C35H41N3O7S/c1-35(16-7-3-4-11-32(39)40)26-21-23(44-2)12-13-27(26)36-18-14-30-24(33(35)36)22-25-31(45-30)15-19-38-29-10-6-5-9-28(29)37(34(25)38)17-8-20-46(41,42)43/h5-6,9-10,12-13,21-22,30-31H,3-4,7-8,11,14-20H2,1-2H3,(H-,39,40,41,42,43)/p+1. The number of rotatable bonds is 11. The Bertz CT molecular complexity index is 1880. The van der Waals surface area contributed by atoms with Crippen molar-refractivity contribution in [1.29, 1.82) is 0 Å². The van der Waals surface area contributed by atoms with Gasteiger partial charge in [-0.3, -0.25) is 9.35 Å². The Labute approximate surface area is 269 Å². The van der Waals surface area contributed by atoms with Gasteiger partial charge < -0.3 is 19.5 Å². The molecule has 244 valence electrons. The van der Waals surface area contributed by atoms with E-state index in [4.69, 9.17) is 9.47 Å². The monoisotopic (exact) mass is 648 g/mol. The largest absolute Gasteiger partial charge is 0.497 e. The van der Waals surface area contributed by atoms with Crippen LogP contribution < -0.4 is 14.2 Å². The molecule has 0 radical (unpaired) electrons. The van der Waals surface area contributed by atoms with Crippen LogP contribution in [-0.2, 0) is 38.2 Å². The van der Waals surface area contributed by atoms with Crippen LogP contribution in [0.3, 0.4) is 0 Å². The van der Waals surface area contributed by atoms with Crippen LogP contribution in [0, 0.1) is 0 Å². The molecule has 0 saturated heterocycles. The number of imidazole rings is 1. The summed E-state index contributed by atoms with van der Waals surface area (Å²) in [7, 11) is -2.38. The number of anilines is 1. The maximum absolute atomic E-state index is 11.6. The summed E-state index contributed by atoms with van der Waals surface area (Å²) < 4.78 is 49.8. The molecule has 0 spiro atoms. The average Bonchev–Trinajstić information content (AvgIpc) is 3.48. The number of aryl methyl sites for hydroxylation is 2. The smallest absolute Gasteiger partial charge is 0.303 e. The second-order valence-corrected chi connectivity index (χ2v) is 14.7. The molecule has 46 heavy (non-hydrogen) atoms. The third kappa shape index (κ3) is 5.32. The summed E-state index contributed by atoms with van der Waals surface area (Å²) in [6.45, 7) is 4.41. The molecule has 0 amide bonds. The quantitative estimate of drug-likeness (QED) is 0.165. The Morgan fingerprint density at radius 3 is 2.72 bits per heavy atom. The molecule has 11 heteroatoms. The van der Waals surface area contributed by atoms with E-state index in [1.54, 1.807) is 7.11 Å². The minimum atomic E-state index is -4.07. The topological polar surface area (TPSA) is 122 Å². The highest BCUT2D eigenvalue weighted by Crippen LogP contribution is 2.56. The number of carboxylic acid groups (broad SMARTS) is 1. The molecule has 0 bridgehead atoms. The summed E-state index contributed by atoms with van der Waals surface area (Å²) >= 11 is 0. The lowest BCUT2D eigenvalue weighted by atomic mass is 9.73. The van der Waals surface area contributed by atoms with Gasteiger partial charge in [-0.1, -0.05) is 25.0 Å². The molecule has 2 N–H and O–H groups in total. The van der Waals surface area contributed by atoms with Gasteiger partial charge in [0.15, 0.2) is 11.0 Å². The van der Waals surface area contributed by atoms with Crippen molar-refractivity contribution < 1.29 is 36.9 Å². The lowest BCUT2D eigenvalue weighted by molar-refractivity contribution is -0.679. The molecule has 5 heterocycles. The Balaban J connectivity index is 1.36. The molecule has 3 unspecified atom stereocenters. The fourth-order valence-electron chi connectivity index (χ4n) is 8.29. The van der Waals surface area contributed by atoms with Gasteiger partial charge in [0.05, 0.1) is 43.7 Å². The maximum atomic E-state index is 11.6. The summed E-state index contributed by atoms with van der Waals surface area (Å²) in [6.07, 6.45) is 7.73. The first-order valence-electron chi connectivity index (χ1n) is 16.4. The van der Waals surface area contributed by atoms with Crippen molar-refractivity contribution in [2.24, 2.45) is 0 Å². The molecule has 0 fully saturated rings. The average molecular weight is 649 g/mol. The summed E-state index contributed by atoms with van der Waals surface area (Å²) in [5.41, 5.74) is 7.77. The van der Waals surface area contributed by atoms with E-state index >= 15 is 0 Å². The lowest BCUT2D eigenvalue weighted by Gasteiger charge is -2.42. The van der Waals surface area contributed by atoms with Crippen molar-refractivity contribution in [3.05, 3.63) is 71.2 Å². The van der Waals surface area contributed by atoms with Gasteiger partial charge in [-0.25, -0.2) is 9.13 Å². The molecule has 3 atom stereocenters. The maximum Gasteiger partial charge on any atom is 0.303 e. The van der Waals surface area contributed by atoms with E-state index in [9.17, 15) is 22.9 Å². The fraction of sp³-hybridized carbons (Fsp3) is 0.486. The van der Waals surface area contributed by atoms with Crippen molar-refractivity contribution in [2.75, 3.05) is 24.3 Å². The number of para-hydroxylation sites is 2. The minimum Gasteiger partial charge on any atom is -0.497 e. The highest BCUT2D eigenvalue weighted by molar-refractivity contribution is 7.85. The molecule has 10 nitrogen and oxygen atoms in total. The first-order valence-corrected chi connectivity index (χ1v) is 18.0. The van der Waals surface area contributed by atoms with Gasteiger partial charge in [0.25, 0.3) is 15.9 Å². The number of methoxy groups -OCH3 is 1. The number of ether oxygens (including phenoxy) is 2. The number of allylic oxidation sites excluding steroid dienone is 1. The summed E-state index contributed by atoms with van der Waals surface area (Å²) in [4.78, 5) is 13.6. The molecule has 1 aromatic heterocycles. The van der Waals surface area contributed by atoms with E-state index in [1.807, 2.05) is 18.2 Å². The van der Waals surface area contributed by atoms with E-state index in [0.717, 1.165) is 73.4 Å². The molecule has 3 aromatic rings. The third-order valence-electron chi connectivity index (χ3n) is 10.3. The lowest BCUT2D eigenvalue weighted by Crippen LogP contribution is -2.49. The molecule has 4 aliphatic heterocycles. The van der Waals surface area contributed by atoms with Crippen LogP contribution in [0.5, 0.6) is 5.75 Å². The predicted octanol–water partition coefficient (Wildman–Crippen LogP) is 5.24. The number of carboxylic acids is 1. The SMILES string of the molecule is COc1ccc2c(c1)C(C)(CCCCCC(=O)O)C1=C3C=C4c5n(CCCS(=O)(=O)O)c6ccccc6[n+]5CCC4OC3CCN12. The number of fused-ring (bicyclic) bond motifs is 9. The molecular weight excluding hydrogens is 606 g/mol. The zero-order valence-corrected chi connectivity index (χ0v) is 27.3. The molecule has 0 aliphatic carbocycles. The van der Waals surface area contributed by atoms with Crippen molar-refractivity contribution >= 4 is 38.4 Å². The van der Waals surface area contributed by atoms with Crippen molar-refractivity contribution in [3.63, 3.8) is 0 Å². The van der Waals surface area contributed by atoms with Gasteiger partial charge in [-0.15, -0.1) is 0 Å². The number of aliphatic carboxylic acids is 1. The van der Waals surface area contributed by atoms with Crippen LogP contribution in [0.25, 0.3) is 16.6 Å². The summed E-state index contributed by atoms with van der Waals surface area (Å²) in [6, 6.07) is 14.6. The Morgan fingerprint density at radius 1 is 1.11 bits per heavy atom. The Morgan fingerprint density at radius 2 is 1.93 bits per heavy atom. The van der Waals surface area contributed by atoms with Crippen LogP contribution in [-0.4, -0.2) is 60.2 Å². The van der Waals surface area contributed by atoms with Gasteiger partial charge in [0, 0.05) is 48.2 Å². The van der Waals surface area contributed by atoms with Crippen LogP contribution in [0.2, 0.25) is 0 Å². The molecule has 2 aromatic carbocycles. The minimum absolute atomic E-state index is 0.0357. The third-order valence-corrected chi connectivity index (χ3v) is 11.1. The van der Waals surface area contributed by atoms with E-state index in [-0.39, 0.29) is 29.8 Å². The van der Waals surface area contributed by atoms with E-state index in [2.05, 4.69) is 51.3 Å². The van der Waals surface area contributed by atoms with Crippen molar-refractivity contribution in [3.8, 4) is 5.75 Å². The number of nitrogens with zero attached hydrogens (tertiary/aromatic N) is 3. The van der Waals surface area contributed by atoms with Gasteiger partial charge in [-0.2, -0.15) is 8.42 Å². The Kier molecular flexibility index (Phi) is 7.97. The molecule has 0 saturated carbocycles. The van der Waals surface area contributed by atoms with Crippen LogP contribution in [0.4, 0.5) is 5.69 Å². The second kappa shape index (κ2) is 11.8. The first-order chi connectivity index (χ1) is 22.1. The number of aromatic nitrogens is 2. The first kappa shape index (κ1) is 31.0. The second-order valence-electron chi connectivity index (χ2n) is 13.2. The number of carbonyl (C=O) groups is 1. The predicted molar refractivity (Wildman–Crippen MR) is 174 cm³/mol. The number of benzene rings is 2. The molecular formula is C35H42N3O7S+. The zero-order valence-electron chi connectivity index (χ0n) is 26.4. The zero-order chi connectivity index (χ0) is 32.2. The number of unbranched alkanes of at least 4 members (excludes halogenated alkanes) is 2. The number of hydrogen-bond acceptors (Lipinski definition) is 6.